The number of aliphatic carboxylic acids is 1. The maximum atomic E-state index is 11.7. The lowest BCUT2D eigenvalue weighted by Crippen LogP contribution is -2.27. The molecule has 4 rings (SSSR count). The van der Waals surface area contributed by atoms with E-state index in [9.17, 15) is 9.90 Å². The van der Waals surface area contributed by atoms with Crippen molar-refractivity contribution in [1.29, 1.82) is 0 Å². The predicted molar refractivity (Wildman–Crippen MR) is 118 cm³/mol. The first kappa shape index (κ1) is 19.1. The number of carboxylic acid groups (broad SMARTS) is 1. The van der Waals surface area contributed by atoms with Crippen LogP contribution in [0, 0.1) is 0 Å². The second-order valence-corrected chi connectivity index (χ2v) is 9.75. The Bertz CT molecular complexity index is 1050. The largest absolute Gasteiger partial charge is 0.480 e. The highest BCUT2D eigenvalue weighted by Crippen LogP contribution is 2.47. The zero-order chi connectivity index (χ0) is 19.9. The third-order valence-corrected chi connectivity index (χ3v) is 6.86. The molecule has 3 aromatic rings. The van der Waals surface area contributed by atoms with Gasteiger partial charge in [-0.15, -0.1) is 11.8 Å². The summed E-state index contributed by atoms with van der Waals surface area (Å²) in [5, 5.41) is 12.2. The molecule has 1 fully saturated rings. The van der Waals surface area contributed by atoms with Crippen LogP contribution in [-0.2, 0) is 11.2 Å². The van der Waals surface area contributed by atoms with Crippen LogP contribution in [0.2, 0.25) is 0 Å². The topological polar surface area (TPSA) is 37.3 Å². The van der Waals surface area contributed by atoms with Crippen LogP contribution < -0.4 is 0 Å². The molecule has 28 heavy (non-hydrogen) atoms. The average Bonchev–Trinajstić information content (AvgIpc) is 3.52. The molecule has 1 N–H and O–H groups in total. The Morgan fingerprint density at radius 2 is 1.75 bits per heavy atom. The minimum atomic E-state index is -0.884. The highest BCUT2D eigenvalue weighted by atomic mass is 32.2. The van der Waals surface area contributed by atoms with E-state index in [-0.39, 0.29) is 0 Å². The maximum absolute atomic E-state index is 11.7. The number of benzene rings is 3. The van der Waals surface area contributed by atoms with Crippen molar-refractivity contribution >= 4 is 28.5 Å². The van der Waals surface area contributed by atoms with Gasteiger partial charge in [-0.2, -0.15) is 0 Å². The van der Waals surface area contributed by atoms with E-state index in [2.05, 4.69) is 55.5 Å². The van der Waals surface area contributed by atoms with Crippen LogP contribution >= 0.6 is 11.8 Å². The fourth-order valence-electron chi connectivity index (χ4n) is 3.87. The lowest BCUT2D eigenvalue weighted by atomic mass is 9.90. The van der Waals surface area contributed by atoms with Gasteiger partial charge in [-0.05, 0) is 78.1 Å². The Labute approximate surface area is 171 Å². The molecule has 0 bridgehead atoms. The van der Waals surface area contributed by atoms with E-state index in [1.54, 1.807) is 13.8 Å². The Balaban J connectivity index is 1.94. The second-order valence-electron chi connectivity index (χ2n) is 8.08. The zero-order valence-electron chi connectivity index (χ0n) is 16.7. The number of rotatable bonds is 6. The highest BCUT2D eigenvalue weighted by Gasteiger charge is 2.31. The van der Waals surface area contributed by atoms with Crippen molar-refractivity contribution in [2.75, 3.05) is 0 Å². The number of hydrogen-bond acceptors (Lipinski definition) is 2. The van der Waals surface area contributed by atoms with Crippen LogP contribution in [-0.4, -0.2) is 15.8 Å². The lowest BCUT2D eigenvalue weighted by Gasteiger charge is -2.23. The summed E-state index contributed by atoms with van der Waals surface area (Å²) in [7, 11) is 0. The van der Waals surface area contributed by atoms with Gasteiger partial charge in [0.05, 0.1) is 0 Å². The molecule has 0 atom stereocenters. The van der Waals surface area contributed by atoms with Gasteiger partial charge in [0, 0.05) is 4.90 Å². The van der Waals surface area contributed by atoms with E-state index >= 15 is 0 Å². The Kier molecular flexibility index (Phi) is 4.96. The third-order valence-electron chi connectivity index (χ3n) is 5.62. The van der Waals surface area contributed by atoms with Gasteiger partial charge in [-0.3, -0.25) is 4.79 Å². The molecule has 0 amide bonds. The molecule has 0 radical (unpaired) electrons. The minimum absolute atomic E-state index is 0.695. The molecule has 0 aliphatic heterocycles. The zero-order valence-corrected chi connectivity index (χ0v) is 17.5. The van der Waals surface area contributed by atoms with E-state index in [0.717, 1.165) is 11.3 Å². The number of fused-ring (bicyclic) bond motifs is 1. The summed E-state index contributed by atoms with van der Waals surface area (Å²) in [5.41, 5.74) is 5.10. The molecule has 3 heteroatoms. The second kappa shape index (κ2) is 7.29. The van der Waals surface area contributed by atoms with E-state index in [0.29, 0.717) is 5.92 Å². The first-order valence-corrected chi connectivity index (χ1v) is 10.8. The molecule has 2 nitrogen and oxygen atoms in total. The summed E-state index contributed by atoms with van der Waals surface area (Å²) in [6.45, 7) is 5.71. The van der Waals surface area contributed by atoms with Crippen molar-refractivity contribution in [3.8, 4) is 11.1 Å². The molecule has 1 aliphatic rings. The lowest BCUT2D eigenvalue weighted by molar-refractivity contribution is -0.138. The minimum Gasteiger partial charge on any atom is -0.480 e. The highest BCUT2D eigenvalue weighted by molar-refractivity contribution is 8.01. The molecule has 0 spiro atoms. The first-order valence-electron chi connectivity index (χ1n) is 9.98. The van der Waals surface area contributed by atoms with Crippen LogP contribution in [0.1, 0.15) is 50.7 Å². The van der Waals surface area contributed by atoms with Crippen LogP contribution in [0.25, 0.3) is 21.9 Å². The van der Waals surface area contributed by atoms with Crippen molar-refractivity contribution in [3.63, 3.8) is 0 Å². The first-order chi connectivity index (χ1) is 13.4. The third kappa shape index (κ3) is 3.44. The summed E-state index contributed by atoms with van der Waals surface area (Å²) >= 11 is 1.44. The van der Waals surface area contributed by atoms with Gasteiger partial charge in [-0.1, -0.05) is 55.5 Å². The molecule has 1 saturated carbocycles. The van der Waals surface area contributed by atoms with Gasteiger partial charge in [-0.25, -0.2) is 0 Å². The normalized spacial score (nSPS) is 14.4. The van der Waals surface area contributed by atoms with Gasteiger partial charge in [0.1, 0.15) is 4.75 Å². The molecule has 0 saturated heterocycles. The summed E-state index contributed by atoms with van der Waals surface area (Å²) in [4.78, 5) is 12.8. The smallest absolute Gasteiger partial charge is 0.319 e. The molecule has 0 unspecified atom stereocenters. The van der Waals surface area contributed by atoms with Crippen molar-refractivity contribution in [2.45, 2.75) is 55.6 Å². The van der Waals surface area contributed by atoms with E-state index < -0.39 is 10.7 Å². The predicted octanol–water partition coefficient (Wildman–Crippen LogP) is 6.90. The van der Waals surface area contributed by atoms with E-state index in [4.69, 9.17) is 0 Å². The fourth-order valence-corrected chi connectivity index (χ4v) is 5.00. The standard InChI is InChI=1S/C25H26O2S/c1-4-16-8-7-11-22(28-25(2,3)24(26)27)23(16)21-15-14-18(17-12-13-17)19-9-5-6-10-20(19)21/h5-11,14-15,17H,4,12-13H2,1-3H3,(H,26,27). The molecular formula is C25H26O2S. The van der Waals surface area contributed by atoms with Crippen molar-refractivity contribution < 1.29 is 9.90 Å². The van der Waals surface area contributed by atoms with Gasteiger partial charge >= 0.3 is 5.97 Å². The molecule has 3 aromatic carbocycles. The van der Waals surface area contributed by atoms with Crippen LogP contribution in [0.4, 0.5) is 0 Å². The molecule has 0 heterocycles. The molecule has 0 aromatic heterocycles. The Morgan fingerprint density at radius 1 is 1.04 bits per heavy atom. The number of hydrogen-bond donors (Lipinski definition) is 1. The van der Waals surface area contributed by atoms with Gasteiger partial charge < -0.3 is 5.11 Å². The van der Waals surface area contributed by atoms with E-state index in [1.807, 2.05) is 6.07 Å². The summed E-state index contributed by atoms with van der Waals surface area (Å²) in [6, 6.07) is 19.5. The molecule has 1 aliphatic carbocycles. The van der Waals surface area contributed by atoms with Crippen molar-refractivity contribution in [2.24, 2.45) is 0 Å². The van der Waals surface area contributed by atoms with Crippen LogP contribution in [0.15, 0.2) is 59.5 Å². The Hall–Kier alpha value is -2.26. The summed E-state index contributed by atoms with van der Waals surface area (Å²) in [5.74, 6) is -0.0977. The van der Waals surface area contributed by atoms with Crippen molar-refractivity contribution in [3.05, 3.63) is 65.7 Å². The maximum Gasteiger partial charge on any atom is 0.319 e. The fraction of sp³-hybridized carbons (Fsp3) is 0.320. The molecule has 144 valence electrons. The van der Waals surface area contributed by atoms with Gasteiger partial charge in [0.25, 0.3) is 0 Å². The van der Waals surface area contributed by atoms with Crippen LogP contribution in [0.3, 0.4) is 0 Å². The van der Waals surface area contributed by atoms with E-state index in [1.165, 1.54) is 57.6 Å². The molecular weight excluding hydrogens is 364 g/mol. The number of carboxylic acids is 1. The SMILES string of the molecule is CCc1cccc(SC(C)(C)C(=O)O)c1-c1ccc(C2CC2)c2ccccc12. The number of aryl methyl sites for hydroxylation is 1. The van der Waals surface area contributed by atoms with Crippen molar-refractivity contribution in [1.82, 2.24) is 0 Å². The number of carbonyl (C=O) groups is 1. The monoisotopic (exact) mass is 390 g/mol. The van der Waals surface area contributed by atoms with Gasteiger partial charge in [0.15, 0.2) is 0 Å². The summed E-state index contributed by atoms with van der Waals surface area (Å²) < 4.78 is -0.884. The Morgan fingerprint density at radius 3 is 2.39 bits per heavy atom. The van der Waals surface area contributed by atoms with Crippen LogP contribution in [0.5, 0.6) is 0 Å². The van der Waals surface area contributed by atoms with Gasteiger partial charge in [0.2, 0.25) is 0 Å². The quantitative estimate of drug-likeness (QED) is 0.465. The summed E-state index contributed by atoms with van der Waals surface area (Å²) in [6.07, 6.45) is 3.47. The number of thioether (sulfide) groups is 1. The average molecular weight is 391 g/mol.